The molecule has 0 aliphatic heterocycles. The molecule has 1 unspecified atom stereocenters. The normalized spacial score (nSPS) is 12.5. The van der Waals surface area contributed by atoms with Crippen molar-refractivity contribution in [3.05, 3.63) is 60.8 Å². The zero-order valence-corrected chi connectivity index (χ0v) is 43.0. The third-order valence-corrected chi connectivity index (χ3v) is 12.1. The highest BCUT2D eigenvalue weighted by molar-refractivity contribution is 5.72. The van der Waals surface area contributed by atoms with E-state index in [1.807, 2.05) is 6.08 Å². The molecule has 65 heavy (non-hydrogen) atoms. The molecule has 0 fully saturated rings. The minimum Gasteiger partial charge on any atom is -0.462 e. The SMILES string of the molecule is CC/C=C\C/C=C\C/C=C\C/C=C\C/C=C\CC(=O)OC(COC(=O)CCCCCCCCCCCCCCCCC)COC(=O)CCCCCCCCCCCCCCCCCCC. The molecule has 0 heterocycles. The van der Waals surface area contributed by atoms with Crippen LogP contribution >= 0.6 is 0 Å². The molecular formula is C59H104O6. The van der Waals surface area contributed by atoms with Crippen LogP contribution in [-0.4, -0.2) is 37.2 Å². The van der Waals surface area contributed by atoms with Crippen LogP contribution in [0.25, 0.3) is 0 Å². The van der Waals surface area contributed by atoms with Crippen LogP contribution in [0.1, 0.15) is 278 Å². The third kappa shape index (κ3) is 51.9. The molecule has 6 heteroatoms. The van der Waals surface area contributed by atoms with E-state index in [1.54, 1.807) is 6.08 Å². The molecule has 0 bridgehead atoms. The summed E-state index contributed by atoms with van der Waals surface area (Å²) in [6.07, 6.45) is 66.6. The Labute approximate surface area is 402 Å². The van der Waals surface area contributed by atoms with Crippen molar-refractivity contribution in [2.45, 2.75) is 284 Å². The van der Waals surface area contributed by atoms with Gasteiger partial charge in [0.15, 0.2) is 6.10 Å². The average molecular weight is 909 g/mol. The number of unbranched alkanes of at least 4 members (excludes halogenated alkanes) is 30. The van der Waals surface area contributed by atoms with E-state index >= 15 is 0 Å². The van der Waals surface area contributed by atoms with E-state index in [9.17, 15) is 14.4 Å². The fourth-order valence-corrected chi connectivity index (χ4v) is 7.93. The maximum absolute atomic E-state index is 12.8. The summed E-state index contributed by atoms with van der Waals surface area (Å²) in [5.41, 5.74) is 0. The zero-order chi connectivity index (χ0) is 47.2. The summed E-state index contributed by atoms with van der Waals surface area (Å²) < 4.78 is 16.7. The first-order valence-corrected chi connectivity index (χ1v) is 27.8. The average Bonchev–Trinajstić information content (AvgIpc) is 3.30. The smallest absolute Gasteiger partial charge is 0.310 e. The summed E-state index contributed by atoms with van der Waals surface area (Å²) in [6, 6.07) is 0. The second-order valence-electron chi connectivity index (χ2n) is 18.5. The number of ether oxygens (including phenoxy) is 3. The number of carbonyl (C=O) groups is 3. The highest BCUT2D eigenvalue weighted by Crippen LogP contribution is 2.16. The standard InChI is InChI=1S/C59H104O6/c1-4-7-10-13-16-19-22-25-28-29-32-34-37-40-43-46-49-52-58(61)64-55-56(65-59(62)53-50-47-44-41-38-35-31-27-24-21-18-15-12-9-6-3)54-63-57(60)51-48-45-42-39-36-33-30-26-23-20-17-14-11-8-5-2/h9,12,18,21,27,31,38,41,47,50,56H,4-8,10-11,13-17,19-20,22-26,28-30,32-37,39-40,42-46,48-49,51-55H2,1-3H3/b12-9-,21-18-,31-27-,41-38-,50-47-. The number of allylic oxidation sites excluding steroid dienone is 9. The fourth-order valence-electron chi connectivity index (χ4n) is 7.93. The second-order valence-corrected chi connectivity index (χ2v) is 18.5. The van der Waals surface area contributed by atoms with E-state index in [4.69, 9.17) is 14.2 Å². The number of hydrogen-bond donors (Lipinski definition) is 0. The van der Waals surface area contributed by atoms with Gasteiger partial charge in [-0.2, -0.15) is 0 Å². The van der Waals surface area contributed by atoms with Gasteiger partial charge >= 0.3 is 17.9 Å². The molecular weight excluding hydrogens is 805 g/mol. The summed E-state index contributed by atoms with van der Waals surface area (Å²) in [5.74, 6) is -1.03. The van der Waals surface area contributed by atoms with Gasteiger partial charge in [0, 0.05) is 12.8 Å². The van der Waals surface area contributed by atoms with Gasteiger partial charge in [-0.1, -0.05) is 274 Å². The molecule has 0 aromatic heterocycles. The van der Waals surface area contributed by atoms with Crippen LogP contribution in [0.15, 0.2) is 60.8 Å². The van der Waals surface area contributed by atoms with Crippen molar-refractivity contribution in [3.8, 4) is 0 Å². The van der Waals surface area contributed by atoms with Gasteiger partial charge in [0.1, 0.15) is 13.2 Å². The Morgan fingerprint density at radius 1 is 0.323 bits per heavy atom. The number of carbonyl (C=O) groups excluding carboxylic acids is 3. The van der Waals surface area contributed by atoms with Crippen molar-refractivity contribution >= 4 is 17.9 Å². The van der Waals surface area contributed by atoms with Crippen LogP contribution in [-0.2, 0) is 28.6 Å². The van der Waals surface area contributed by atoms with Crippen molar-refractivity contribution in [1.82, 2.24) is 0 Å². The minimum absolute atomic E-state index is 0.101. The minimum atomic E-state index is -0.824. The molecule has 0 radical (unpaired) electrons. The van der Waals surface area contributed by atoms with Crippen molar-refractivity contribution < 1.29 is 28.6 Å². The van der Waals surface area contributed by atoms with E-state index in [1.165, 1.54) is 167 Å². The fraction of sp³-hybridized carbons (Fsp3) is 0.780. The first-order chi connectivity index (χ1) is 32.0. The van der Waals surface area contributed by atoms with Gasteiger partial charge in [-0.15, -0.1) is 0 Å². The molecule has 0 N–H and O–H groups in total. The summed E-state index contributed by atoms with van der Waals surface area (Å²) >= 11 is 0. The van der Waals surface area contributed by atoms with Gasteiger partial charge in [-0.3, -0.25) is 14.4 Å². The maximum atomic E-state index is 12.8. The predicted octanol–water partition coefficient (Wildman–Crippen LogP) is 18.4. The molecule has 0 amide bonds. The second kappa shape index (κ2) is 53.7. The van der Waals surface area contributed by atoms with Crippen LogP contribution in [0.5, 0.6) is 0 Å². The topological polar surface area (TPSA) is 78.9 Å². The first-order valence-electron chi connectivity index (χ1n) is 27.8. The summed E-state index contributed by atoms with van der Waals surface area (Å²) in [5, 5.41) is 0. The van der Waals surface area contributed by atoms with Crippen molar-refractivity contribution in [1.29, 1.82) is 0 Å². The Morgan fingerprint density at radius 3 is 0.877 bits per heavy atom. The van der Waals surface area contributed by atoms with Crippen molar-refractivity contribution in [3.63, 3.8) is 0 Å². The zero-order valence-electron chi connectivity index (χ0n) is 43.0. The van der Waals surface area contributed by atoms with Gasteiger partial charge in [0.25, 0.3) is 0 Å². The number of rotatable bonds is 50. The van der Waals surface area contributed by atoms with E-state index < -0.39 is 12.1 Å². The molecule has 0 aromatic carbocycles. The molecule has 1 atom stereocenters. The van der Waals surface area contributed by atoms with Crippen LogP contribution in [0.2, 0.25) is 0 Å². The number of esters is 3. The summed E-state index contributed by atoms with van der Waals surface area (Å²) in [4.78, 5) is 38.0. The quantitative estimate of drug-likeness (QED) is 0.0262. The van der Waals surface area contributed by atoms with Gasteiger partial charge in [-0.25, -0.2) is 0 Å². The van der Waals surface area contributed by atoms with E-state index in [-0.39, 0.29) is 31.6 Å². The molecule has 376 valence electrons. The summed E-state index contributed by atoms with van der Waals surface area (Å²) in [7, 11) is 0. The first kappa shape index (κ1) is 62.1. The molecule has 0 aliphatic rings. The highest BCUT2D eigenvalue weighted by Gasteiger charge is 2.19. The third-order valence-electron chi connectivity index (χ3n) is 12.1. The van der Waals surface area contributed by atoms with E-state index in [2.05, 4.69) is 69.4 Å². The Morgan fingerprint density at radius 2 is 0.585 bits per heavy atom. The Balaban J connectivity index is 4.44. The summed E-state index contributed by atoms with van der Waals surface area (Å²) in [6.45, 7) is 6.47. The lowest BCUT2D eigenvalue weighted by atomic mass is 10.0. The maximum Gasteiger partial charge on any atom is 0.310 e. The molecule has 0 aromatic rings. The molecule has 0 saturated carbocycles. The lowest BCUT2D eigenvalue weighted by Gasteiger charge is -2.18. The van der Waals surface area contributed by atoms with E-state index in [0.717, 1.165) is 70.6 Å². The molecule has 0 spiro atoms. The van der Waals surface area contributed by atoms with E-state index in [0.29, 0.717) is 12.8 Å². The van der Waals surface area contributed by atoms with Gasteiger partial charge < -0.3 is 14.2 Å². The largest absolute Gasteiger partial charge is 0.462 e. The van der Waals surface area contributed by atoms with Crippen molar-refractivity contribution in [2.24, 2.45) is 0 Å². The lowest BCUT2D eigenvalue weighted by molar-refractivity contribution is -0.166. The van der Waals surface area contributed by atoms with Crippen molar-refractivity contribution in [2.75, 3.05) is 13.2 Å². The van der Waals surface area contributed by atoms with Crippen LogP contribution in [0, 0.1) is 0 Å². The van der Waals surface area contributed by atoms with Gasteiger partial charge in [0.05, 0.1) is 6.42 Å². The Bertz CT molecular complexity index is 1180. The predicted molar refractivity (Wildman–Crippen MR) is 279 cm³/mol. The Hall–Kier alpha value is -2.89. The molecule has 0 rings (SSSR count). The molecule has 0 saturated heterocycles. The monoisotopic (exact) mass is 909 g/mol. The van der Waals surface area contributed by atoms with Crippen LogP contribution < -0.4 is 0 Å². The molecule has 6 nitrogen and oxygen atoms in total. The number of hydrogen-bond acceptors (Lipinski definition) is 6. The van der Waals surface area contributed by atoms with Gasteiger partial charge in [0.2, 0.25) is 0 Å². The molecule has 0 aliphatic carbocycles. The van der Waals surface area contributed by atoms with Gasteiger partial charge in [-0.05, 0) is 44.9 Å². The lowest BCUT2D eigenvalue weighted by Crippen LogP contribution is -2.30. The highest BCUT2D eigenvalue weighted by atomic mass is 16.6. The Kier molecular flexibility index (Phi) is 51.3. The van der Waals surface area contributed by atoms with Crippen LogP contribution in [0.4, 0.5) is 0 Å². The van der Waals surface area contributed by atoms with Crippen LogP contribution in [0.3, 0.4) is 0 Å².